The van der Waals surface area contributed by atoms with Crippen LogP contribution >= 0.6 is 12.2 Å². The van der Waals surface area contributed by atoms with E-state index in [1.807, 2.05) is 18.7 Å². The zero-order valence-electron chi connectivity index (χ0n) is 13.7. The third-order valence-corrected chi connectivity index (χ3v) is 4.22. The van der Waals surface area contributed by atoms with Crippen LogP contribution in [0.1, 0.15) is 31.9 Å². The molecule has 7 nitrogen and oxygen atoms in total. The van der Waals surface area contributed by atoms with Crippen LogP contribution in [-0.2, 0) is 9.53 Å². The van der Waals surface area contributed by atoms with Gasteiger partial charge in [0.05, 0.1) is 23.6 Å². The number of methoxy groups -OCH3 is 1. The Balaban J connectivity index is 2.48. The van der Waals surface area contributed by atoms with Crippen LogP contribution in [-0.4, -0.2) is 34.6 Å². The molecule has 0 aromatic heterocycles. The Morgan fingerprint density at radius 1 is 1.42 bits per heavy atom. The van der Waals surface area contributed by atoms with E-state index in [9.17, 15) is 14.9 Å². The van der Waals surface area contributed by atoms with E-state index in [0.29, 0.717) is 22.8 Å². The van der Waals surface area contributed by atoms with Crippen molar-refractivity contribution in [3.8, 4) is 0 Å². The van der Waals surface area contributed by atoms with Crippen LogP contribution in [0, 0.1) is 10.1 Å². The Labute approximate surface area is 145 Å². The van der Waals surface area contributed by atoms with Crippen LogP contribution < -0.4 is 5.32 Å². The van der Waals surface area contributed by atoms with Crippen molar-refractivity contribution in [2.45, 2.75) is 26.3 Å². The number of ether oxygens (including phenoxy) is 1. The van der Waals surface area contributed by atoms with Gasteiger partial charge in [0.25, 0.3) is 5.69 Å². The standard InChI is InChI=1S/C16H19N3O4S/c1-4-9-18-10(2)13(15(20)23-3)14(17-16(18)24)11-5-7-12(8-6-11)19(21)22/h5-8,14H,4,9H2,1-3H3,(H,17,24)/t14-/m0/s1. The maximum atomic E-state index is 12.3. The molecule has 2 rings (SSSR count). The summed E-state index contributed by atoms with van der Waals surface area (Å²) in [6.45, 7) is 4.54. The molecule has 0 unspecified atom stereocenters. The second kappa shape index (κ2) is 7.39. The van der Waals surface area contributed by atoms with Gasteiger partial charge in [0.1, 0.15) is 0 Å². The van der Waals surface area contributed by atoms with Gasteiger partial charge in [-0.15, -0.1) is 0 Å². The smallest absolute Gasteiger partial charge is 0.337 e. The molecule has 128 valence electrons. The van der Waals surface area contributed by atoms with Gasteiger partial charge in [-0.3, -0.25) is 10.1 Å². The minimum atomic E-state index is -0.501. The van der Waals surface area contributed by atoms with E-state index in [2.05, 4.69) is 5.32 Å². The average molecular weight is 349 g/mol. The molecule has 1 N–H and O–H groups in total. The van der Waals surface area contributed by atoms with Crippen LogP contribution in [0.25, 0.3) is 0 Å². The number of carbonyl (C=O) groups is 1. The molecule has 0 saturated heterocycles. The molecule has 0 radical (unpaired) electrons. The number of thiocarbonyl (C=S) groups is 1. The van der Waals surface area contributed by atoms with Crippen molar-refractivity contribution in [1.29, 1.82) is 0 Å². The van der Waals surface area contributed by atoms with Gasteiger partial charge in [-0.1, -0.05) is 6.92 Å². The highest BCUT2D eigenvalue weighted by molar-refractivity contribution is 7.80. The first-order valence-electron chi connectivity index (χ1n) is 7.52. The average Bonchev–Trinajstić information content (AvgIpc) is 2.57. The fourth-order valence-electron chi connectivity index (χ4n) is 2.69. The zero-order valence-corrected chi connectivity index (χ0v) is 14.6. The van der Waals surface area contributed by atoms with Crippen LogP contribution in [0.15, 0.2) is 35.5 Å². The van der Waals surface area contributed by atoms with Crippen molar-refractivity contribution in [3.63, 3.8) is 0 Å². The zero-order chi connectivity index (χ0) is 17.9. The number of non-ortho nitro benzene ring substituents is 1. The topological polar surface area (TPSA) is 84.7 Å². The Kier molecular flexibility index (Phi) is 5.50. The molecule has 1 heterocycles. The van der Waals surface area contributed by atoms with Gasteiger partial charge in [0.15, 0.2) is 5.11 Å². The second-order valence-corrected chi connectivity index (χ2v) is 5.76. The third-order valence-electron chi connectivity index (χ3n) is 3.89. The number of allylic oxidation sites excluding steroid dienone is 1. The van der Waals surface area contributed by atoms with Crippen molar-refractivity contribution in [2.24, 2.45) is 0 Å². The molecule has 1 atom stereocenters. The maximum absolute atomic E-state index is 12.3. The summed E-state index contributed by atoms with van der Waals surface area (Å²) in [5.74, 6) is -0.452. The van der Waals surface area contributed by atoms with E-state index in [1.165, 1.54) is 19.2 Å². The Hall–Kier alpha value is -2.48. The number of benzene rings is 1. The van der Waals surface area contributed by atoms with Gasteiger partial charge in [-0.25, -0.2) is 4.79 Å². The second-order valence-electron chi connectivity index (χ2n) is 5.37. The summed E-state index contributed by atoms with van der Waals surface area (Å²) in [6, 6.07) is 5.54. The van der Waals surface area contributed by atoms with Crippen molar-refractivity contribution in [1.82, 2.24) is 10.2 Å². The lowest BCUT2D eigenvalue weighted by Gasteiger charge is -2.37. The fraction of sp³-hybridized carbons (Fsp3) is 0.375. The van der Waals surface area contributed by atoms with E-state index >= 15 is 0 Å². The third kappa shape index (κ3) is 3.38. The van der Waals surface area contributed by atoms with Gasteiger partial charge < -0.3 is 15.0 Å². The molecular weight excluding hydrogens is 330 g/mol. The van der Waals surface area contributed by atoms with Crippen molar-refractivity contribution < 1.29 is 14.5 Å². The molecule has 1 aliphatic rings. The maximum Gasteiger partial charge on any atom is 0.337 e. The Bertz CT molecular complexity index is 700. The summed E-state index contributed by atoms with van der Waals surface area (Å²) < 4.78 is 4.92. The van der Waals surface area contributed by atoms with Gasteiger partial charge >= 0.3 is 5.97 Å². The number of nitrogens with one attached hydrogen (secondary N) is 1. The van der Waals surface area contributed by atoms with Crippen LogP contribution in [0.3, 0.4) is 0 Å². The molecule has 1 aliphatic heterocycles. The Morgan fingerprint density at radius 3 is 2.54 bits per heavy atom. The minimum Gasteiger partial charge on any atom is -0.466 e. The number of nitrogens with zero attached hydrogens (tertiary/aromatic N) is 2. The molecule has 1 aromatic rings. The molecule has 0 saturated carbocycles. The summed E-state index contributed by atoms with van der Waals surface area (Å²) >= 11 is 5.41. The molecule has 0 fully saturated rings. The summed E-state index contributed by atoms with van der Waals surface area (Å²) in [5, 5.41) is 14.5. The first kappa shape index (κ1) is 17.9. The molecule has 24 heavy (non-hydrogen) atoms. The van der Waals surface area contributed by atoms with Gasteiger partial charge in [-0.2, -0.15) is 0 Å². The SMILES string of the molecule is CCCN1C(=S)N[C@@H](c2ccc([N+](=O)[O-])cc2)C(C(=O)OC)=C1C. The predicted molar refractivity (Wildman–Crippen MR) is 93.3 cm³/mol. The van der Waals surface area contributed by atoms with Crippen molar-refractivity contribution >= 4 is 29.0 Å². The van der Waals surface area contributed by atoms with E-state index in [1.54, 1.807) is 12.1 Å². The van der Waals surface area contributed by atoms with Crippen LogP contribution in [0.2, 0.25) is 0 Å². The van der Waals surface area contributed by atoms with Crippen LogP contribution in [0.5, 0.6) is 0 Å². The number of carbonyl (C=O) groups excluding carboxylic acids is 1. The first-order valence-corrected chi connectivity index (χ1v) is 7.93. The lowest BCUT2D eigenvalue weighted by Crippen LogP contribution is -2.48. The summed E-state index contributed by atoms with van der Waals surface area (Å²) in [5.41, 5.74) is 1.88. The summed E-state index contributed by atoms with van der Waals surface area (Å²) in [7, 11) is 1.33. The normalized spacial score (nSPS) is 17.5. The molecule has 0 spiro atoms. The van der Waals surface area contributed by atoms with E-state index in [-0.39, 0.29) is 5.69 Å². The number of hydrogen-bond donors (Lipinski definition) is 1. The van der Waals surface area contributed by atoms with Gasteiger partial charge in [-0.05, 0) is 43.3 Å². The molecule has 0 bridgehead atoms. The molecule has 0 amide bonds. The number of hydrogen-bond acceptors (Lipinski definition) is 5. The lowest BCUT2D eigenvalue weighted by molar-refractivity contribution is -0.384. The van der Waals surface area contributed by atoms with E-state index in [4.69, 9.17) is 17.0 Å². The fourth-order valence-corrected chi connectivity index (χ4v) is 3.03. The van der Waals surface area contributed by atoms with Crippen LogP contribution in [0.4, 0.5) is 5.69 Å². The van der Waals surface area contributed by atoms with Crippen molar-refractivity contribution in [3.05, 3.63) is 51.2 Å². The van der Waals surface area contributed by atoms with Crippen molar-refractivity contribution in [2.75, 3.05) is 13.7 Å². The van der Waals surface area contributed by atoms with Gasteiger partial charge in [0, 0.05) is 24.4 Å². The minimum absolute atomic E-state index is 0.00920. The molecule has 0 aliphatic carbocycles. The summed E-state index contributed by atoms with van der Waals surface area (Å²) in [4.78, 5) is 24.5. The highest BCUT2D eigenvalue weighted by Gasteiger charge is 2.34. The van der Waals surface area contributed by atoms with Gasteiger partial charge in [0.2, 0.25) is 0 Å². The highest BCUT2D eigenvalue weighted by Crippen LogP contribution is 2.32. The number of rotatable bonds is 5. The first-order chi connectivity index (χ1) is 11.4. The highest BCUT2D eigenvalue weighted by atomic mass is 32.1. The Morgan fingerprint density at radius 2 is 2.04 bits per heavy atom. The van der Waals surface area contributed by atoms with E-state index < -0.39 is 16.9 Å². The predicted octanol–water partition coefficient (Wildman–Crippen LogP) is 2.68. The summed E-state index contributed by atoms with van der Waals surface area (Å²) in [6.07, 6.45) is 0.871. The number of esters is 1. The monoisotopic (exact) mass is 349 g/mol. The molecule has 8 heteroatoms. The quantitative estimate of drug-likeness (QED) is 0.378. The molecular formula is C16H19N3O4S. The van der Waals surface area contributed by atoms with E-state index in [0.717, 1.165) is 12.1 Å². The largest absolute Gasteiger partial charge is 0.466 e. The number of nitro benzene ring substituents is 1. The molecule has 1 aromatic carbocycles. The number of nitro groups is 1. The lowest BCUT2D eigenvalue weighted by atomic mass is 9.95.